The van der Waals surface area contributed by atoms with E-state index in [0.717, 1.165) is 11.4 Å². The van der Waals surface area contributed by atoms with E-state index in [9.17, 15) is 0 Å². The Balaban J connectivity index is 2.33. The van der Waals surface area contributed by atoms with Crippen LogP contribution in [0.4, 0.5) is 0 Å². The van der Waals surface area contributed by atoms with Crippen molar-refractivity contribution >= 4 is 0 Å². The van der Waals surface area contributed by atoms with Gasteiger partial charge in [-0.1, -0.05) is 0 Å². The van der Waals surface area contributed by atoms with Crippen LogP contribution in [0.1, 0.15) is 5.69 Å². The van der Waals surface area contributed by atoms with Gasteiger partial charge in [0.1, 0.15) is 5.69 Å². The Morgan fingerprint density at radius 1 is 1.23 bits per heavy atom. The van der Waals surface area contributed by atoms with Gasteiger partial charge in [-0.3, -0.25) is 4.98 Å². The van der Waals surface area contributed by atoms with Gasteiger partial charge in [-0.15, -0.1) is 0 Å². The fraction of sp³-hybridized carbons (Fsp3) is 0.125. The van der Waals surface area contributed by atoms with Gasteiger partial charge < -0.3 is 5.73 Å². The fourth-order valence-corrected chi connectivity index (χ4v) is 1.00. The van der Waals surface area contributed by atoms with E-state index in [1.165, 1.54) is 4.80 Å². The van der Waals surface area contributed by atoms with Crippen LogP contribution >= 0.6 is 0 Å². The minimum absolute atomic E-state index is 0.451. The lowest BCUT2D eigenvalue weighted by Gasteiger charge is -1.99. The monoisotopic (exact) mass is 175 g/mol. The van der Waals surface area contributed by atoms with Gasteiger partial charge in [0, 0.05) is 6.54 Å². The topological polar surface area (TPSA) is 69.6 Å². The molecule has 2 aromatic heterocycles. The third-order valence-electron chi connectivity index (χ3n) is 1.67. The molecule has 2 N–H and O–H groups in total. The predicted octanol–water partition coefficient (Wildman–Crippen LogP) is 0.121. The zero-order valence-electron chi connectivity index (χ0n) is 6.96. The molecule has 0 aromatic carbocycles. The molecule has 66 valence electrons. The van der Waals surface area contributed by atoms with Crippen molar-refractivity contribution in [3.8, 4) is 5.69 Å². The van der Waals surface area contributed by atoms with Gasteiger partial charge in [-0.05, 0) is 12.1 Å². The normalized spacial score (nSPS) is 10.2. The molecule has 0 atom stereocenters. The summed E-state index contributed by atoms with van der Waals surface area (Å²) < 4.78 is 0. The SMILES string of the molecule is NCc1ccc(-n2nccn2)cn1. The Morgan fingerprint density at radius 2 is 2.00 bits per heavy atom. The Hall–Kier alpha value is -1.75. The van der Waals surface area contributed by atoms with Gasteiger partial charge in [0.2, 0.25) is 0 Å². The molecular weight excluding hydrogens is 166 g/mol. The van der Waals surface area contributed by atoms with Crippen LogP contribution in [0.3, 0.4) is 0 Å². The highest BCUT2D eigenvalue weighted by Crippen LogP contribution is 2.02. The van der Waals surface area contributed by atoms with Crippen molar-refractivity contribution in [2.24, 2.45) is 5.73 Å². The van der Waals surface area contributed by atoms with Crippen molar-refractivity contribution in [2.75, 3.05) is 0 Å². The number of nitrogens with two attached hydrogens (primary N) is 1. The van der Waals surface area contributed by atoms with Gasteiger partial charge in [-0.2, -0.15) is 15.0 Å². The summed E-state index contributed by atoms with van der Waals surface area (Å²) in [5.74, 6) is 0. The molecule has 0 radical (unpaired) electrons. The molecule has 2 rings (SSSR count). The van der Waals surface area contributed by atoms with E-state index < -0.39 is 0 Å². The lowest BCUT2D eigenvalue weighted by molar-refractivity contribution is 0.746. The maximum atomic E-state index is 5.42. The maximum absolute atomic E-state index is 5.42. The second kappa shape index (κ2) is 3.32. The number of hydrogen-bond donors (Lipinski definition) is 1. The first kappa shape index (κ1) is 7.88. The second-order valence-electron chi connectivity index (χ2n) is 2.53. The zero-order valence-corrected chi connectivity index (χ0v) is 6.96. The highest BCUT2D eigenvalue weighted by molar-refractivity contribution is 5.26. The summed E-state index contributed by atoms with van der Waals surface area (Å²) in [6.45, 7) is 0.451. The molecule has 5 nitrogen and oxygen atoms in total. The molecule has 0 saturated heterocycles. The largest absolute Gasteiger partial charge is 0.325 e. The van der Waals surface area contributed by atoms with Crippen molar-refractivity contribution in [3.63, 3.8) is 0 Å². The summed E-state index contributed by atoms with van der Waals surface area (Å²) in [7, 11) is 0. The highest BCUT2D eigenvalue weighted by atomic mass is 15.5. The van der Waals surface area contributed by atoms with Gasteiger partial charge >= 0.3 is 0 Å². The first-order valence-electron chi connectivity index (χ1n) is 3.92. The molecule has 0 fully saturated rings. The number of hydrogen-bond acceptors (Lipinski definition) is 4. The van der Waals surface area contributed by atoms with Crippen LogP contribution in [0.5, 0.6) is 0 Å². The molecular formula is C8H9N5. The second-order valence-corrected chi connectivity index (χ2v) is 2.53. The Bertz CT molecular complexity index is 364. The average Bonchev–Trinajstić information content (AvgIpc) is 2.71. The fourth-order valence-electron chi connectivity index (χ4n) is 1.00. The molecule has 5 heteroatoms. The number of aromatic nitrogens is 4. The van der Waals surface area contributed by atoms with Crippen molar-refractivity contribution in [1.29, 1.82) is 0 Å². The zero-order chi connectivity index (χ0) is 9.10. The lowest BCUT2D eigenvalue weighted by Crippen LogP contribution is -2.02. The van der Waals surface area contributed by atoms with Crippen molar-refractivity contribution in [2.45, 2.75) is 6.54 Å². The standard InChI is InChI=1S/C8H9N5/c9-5-7-1-2-8(6-10-7)13-11-3-4-12-13/h1-4,6H,5,9H2. The van der Waals surface area contributed by atoms with E-state index in [-0.39, 0.29) is 0 Å². The summed E-state index contributed by atoms with van der Waals surface area (Å²) in [5.41, 5.74) is 7.11. The minimum atomic E-state index is 0.451. The van der Waals surface area contributed by atoms with Crippen LogP contribution in [0, 0.1) is 0 Å². The third-order valence-corrected chi connectivity index (χ3v) is 1.67. The molecule has 0 aliphatic heterocycles. The molecule has 0 aliphatic rings. The Kier molecular flexibility index (Phi) is 2.01. The molecule has 13 heavy (non-hydrogen) atoms. The number of pyridine rings is 1. The minimum Gasteiger partial charge on any atom is -0.325 e. The van der Waals surface area contributed by atoms with E-state index >= 15 is 0 Å². The van der Waals surface area contributed by atoms with E-state index in [4.69, 9.17) is 5.73 Å². The molecule has 0 amide bonds. The van der Waals surface area contributed by atoms with Crippen LogP contribution in [0.2, 0.25) is 0 Å². The average molecular weight is 175 g/mol. The van der Waals surface area contributed by atoms with E-state index in [0.29, 0.717) is 6.54 Å². The van der Waals surface area contributed by atoms with Crippen LogP contribution in [0.25, 0.3) is 5.69 Å². The molecule has 0 aliphatic carbocycles. The molecule has 0 saturated carbocycles. The highest BCUT2D eigenvalue weighted by Gasteiger charge is 1.97. The van der Waals surface area contributed by atoms with Crippen LogP contribution in [-0.4, -0.2) is 20.0 Å². The quantitative estimate of drug-likeness (QED) is 0.703. The third kappa shape index (κ3) is 1.54. The van der Waals surface area contributed by atoms with Gasteiger partial charge in [-0.25, -0.2) is 0 Å². The van der Waals surface area contributed by atoms with Gasteiger partial charge in [0.25, 0.3) is 0 Å². The van der Waals surface area contributed by atoms with Gasteiger partial charge in [0.15, 0.2) is 0 Å². The molecule has 0 spiro atoms. The van der Waals surface area contributed by atoms with Crippen molar-refractivity contribution in [1.82, 2.24) is 20.0 Å². The van der Waals surface area contributed by atoms with Crippen molar-refractivity contribution in [3.05, 3.63) is 36.4 Å². The smallest absolute Gasteiger partial charge is 0.104 e. The Labute approximate surface area is 75.2 Å². The number of rotatable bonds is 2. The van der Waals surface area contributed by atoms with E-state index in [1.807, 2.05) is 12.1 Å². The predicted molar refractivity (Wildman–Crippen MR) is 47.0 cm³/mol. The Morgan fingerprint density at radius 3 is 2.54 bits per heavy atom. The van der Waals surface area contributed by atoms with E-state index in [2.05, 4.69) is 15.2 Å². The van der Waals surface area contributed by atoms with Crippen molar-refractivity contribution < 1.29 is 0 Å². The molecule has 2 heterocycles. The summed E-state index contributed by atoms with van der Waals surface area (Å²) in [6.07, 6.45) is 4.94. The van der Waals surface area contributed by atoms with Crippen LogP contribution in [0.15, 0.2) is 30.7 Å². The molecule has 2 aromatic rings. The first-order chi connectivity index (χ1) is 6.40. The van der Waals surface area contributed by atoms with Crippen LogP contribution < -0.4 is 5.73 Å². The first-order valence-corrected chi connectivity index (χ1v) is 3.92. The summed E-state index contributed by atoms with van der Waals surface area (Å²) in [6, 6.07) is 3.74. The lowest BCUT2D eigenvalue weighted by atomic mass is 10.3. The van der Waals surface area contributed by atoms with E-state index in [1.54, 1.807) is 18.6 Å². The molecule has 0 unspecified atom stereocenters. The van der Waals surface area contributed by atoms with Crippen LogP contribution in [-0.2, 0) is 6.54 Å². The number of nitrogens with zero attached hydrogens (tertiary/aromatic N) is 4. The summed E-state index contributed by atoms with van der Waals surface area (Å²) >= 11 is 0. The summed E-state index contributed by atoms with van der Waals surface area (Å²) in [4.78, 5) is 5.63. The summed E-state index contributed by atoms with van der Waals surface area (Å²) in [5, 5.41) is 7.95. The van der Waals surface area contributed by atoms with Gasteiger partial charge in [0.05, 0.1) is 24.3 Å². The molecule has 0 bridgehead atoms. The maximum Gasteiger partial charge on any atom is 0.104 e.